The van der Waals surface area contributed by atoms with E-state index in [-0.39, 0.29) is 64.9 Å². The van der Waals surface area contributed by atoms with Crippen molar-refractivity contribution in [3.8, 4) is 0 Å². The van der Waals surface area contributed by atoms with Crippen LogP contribution in [0.4, 0.5) is 10.1 Å². The molecule has 2 heterocycles. The predicted molar refractivity (Wildman–Crippen MR) is 115 cm³/mol. The summed E-state index contributed by atoms with van der Waals surface area (Å²) in [5.74, 6) is -2.56. The fourth-order valence-electron chi connectivity index (χ4n) is 3.52. The normalized spacial score (nSPS) is 13.6. The number of benzene rings is 2. The Balaban J connectivity index is 1.60. The van der Waals surface area contributed by atoms with Crippen LogP contribution < -0.4 is 4.90 Å². The van der Waals surface area contributed by atoms with Gasteiger partial charge < -0.3 is 9.47 Å². The molecule has 1 aromatic heterocycles. The molecule has 2 aromatic carbocycles. The smallest absolute Gasteiger partial charge is 0.348 e. The third-order valence-corrected chi connectivity index (χ3v) is 6.14. The Hall–Kier alpha value is -3.59. The minimum absolute atomic E-state index is 0.118. The van der Waals surface area contributed by atoms with Crippen LogP contribution in [0.2, 0.25) is 0 Å². The largest absolute Gasteiger partial charge is 0.462 e. The molecule has 0 saturated carbocycles. The van der Waals surface area contributed by atoms with E-state index < -0.39 is 17.8 Å². The number of amides is 2. The average Bonchev–Trinajstić information content (AvgIpc) is 3.32. The highest BCUT2D eigenvalue weighted by Gasteiger charge is 2.30. The molecule has 0 atom stereocenters. The molecule has 1 aliphatic heterocycles. The molecule has 7 nitrogen and oxygen atoms in total. The van der Waals surface area contributed by atoms with Gasteiger partial charge in [-0.15, -0.1) is 11.3 Å². The van der Waals surface area contributed by atoms with Crippen LogP contribution >= 0.6 is 11.3 Å². The number of thiophene rings is 1. The lowest BCUT2D eigenvalue weighted by Gasteiger charge is -2.14. The van der Waals surface area contributed by atoms with Crippen LogP contribution in [0.5, 0.6) is 0 Å². The molecule has 32 heavy (non-hydrogen) atoms. The molecule has 1 saturated heterocycles. The maximum Gasteiger partial charge on any atom is 0.348 e. The molecular formula is C23H18FNO6S. The first kappa shape index (κ1) is 21.6. The van der Waals surface area contributed by atoms with Crippen molar-refractivity contribution in [2.45, 2.75) is 26.4 Å². The maximum absolute atomic E-state index is 14.5. The lowest BCUT2D eigenvalue weighted by Crippen LogP contribution is -2.28. The number of halogens is 1. The van der Waals surface area contributed by atoms with E-state index in [0.29, 0.717) is 4.70 Å². The van der Waals surface area contributed by atoms with Crippen molar-refractivity contribution >= 4 is 50.9 Å². The van der Waals surface area contributed by atoms with Gasteiger partial charge in [-0.3, -0.25) is 14.5 Å². The molecule has 3 aromatic rings. The molecule has 0 radical (unpaired) electrons. The van der Waals surface area contributed by atoms with E-state index >= 15 is 0 Å². The van der Waals surface area contributed by atoms with E-state index in [2.05, 4.69) is 0 Å². The van der Waals surface area contributed by atoms with Crippen molar-refractivity contribution < 1.29 is 33.0 Å². The molecule has 0 unspecified atom stereocenters. The number of imide groups is 1. The number of carbonyl (C=O) groups excluding carboxylic acids is 4. The van der Waals surface area contributed by atoms with Gasteiger partial charge in [0, 0.05) is 28.5 Å². The quantitative estimate of drug-likeness (QED) is 0.408. The summed E-state index contributed by atoms with van der Waals surface area (Å²) in [7, 11) is 0. The van der Waals surface area contributed by atoms with Crippen LogP contribution in [0, 0.1) is 5.82 Å². The maximum atomic E-state index is 14.5. The van der Waals surface area contributed by atoms with E-state index in [0.717, 1.165) is 16.2 Å². The van der Waals surface area contributed by atoms with Gasteiger partial charge in [-0.05, 0) is 37.3 Å². The summed E-state index contributed by atoms with van der Waals surface area (Å²) in [4.78, 5) is 50.2. The fraction of sp³-hybridized carbons (Fsp3) is 0.217. The third-order valence-electron chi connectivity index (χ3n) is 4.96. The van der Waals surface area contributed by atoms with Gasteiger partial charge in [-0.2, -0.15) is 0 Å². The number of esters is 2. The molecule has 4 rings (SSSR count). The number of rotatable bonds is 6. The molecule has 1 aliphatic rings. The molecule has 1 fully saturated rings. The van der Waals surface area contributed by atoms with Crippen LogP contribution in [0.3, 0.4) is 0 Å². The van der Waals surface area contributed by atoms with Crippen molar-refractivity contribution in [3.05, 3.63) is 64.3 Å². The molecule has 2 amide bonds. The summed E-state index contributed by atoms with van der Waals surface area (Å²) in [6.07, 6.45) is 0.252. The Morgan fingerprint density at radius 2 is 1.75 bits per heavy atom. The van der Waals surface area contributed by atoms with Gasteiger partial charge in [0.25, 0.3) is 0 Å². The molecular weight excluding hydrogens is 437 g/mol. The first-order valence-corrected chi connectivity index (χ1v) is 10.7. The number of anilines is 1. The van der Waals surface area contributed by atoms with Crippen molar-refractivity contribution in [1.82, 2.24) is 0 Å². The van der Waals surface area contributed by atoms with Crippen molar-refractivity contribution in [1.29, 1.82) is 0 Å². The second kappa shape index (κ2) is 8.88. The third kappa shape index (κ3) is 3.99. The minimum Gasteiger partial charge on any atom is -0.462 e. The van der Waals surface area contributed by atoms with E-state index in [1.165, 1.54) is 30.3 Å². The van der Waals surface area contributed by atoms with Gasteiger partial charge in [-0.1, -0.05) is 12.1 Å². The molecule has 0 aliphatic carbocycles. The second-order valence-corrected chi connectivity index (χ2v) is 8.04. The van der Waals surface area contributed by atoms with Crippen LogP contribution in [-0.2, 0) is 25.7 Å². The number of carbonyl (C=O) groups is 4. The van der Waals surface area contributed by atoms with E-state index in [9.17, 15) is 23.6 Å². The Morgan fingerprint density at radius 3 is 2.47 bits per heavy atom. The van der Waals surface area contributed by atoms with E-state index in [4.69, 9.17) is 9.47 Å². The second-order valence-electron chi connectivity index (χ2n) is 6.99. The molecule has 0 bridgehead atoms. The minimum atomic E-state index is -0.739. The van der Waals surface area contributed by atoms with Gasteiger partial charge in [0.1, 0.15) is 17.3 Å². The van der Waals surface area contributed by atoms with Gasteiger partial charge in [0.15, 0.2) is 0 Å². The number of ether oxygens (including phenoxy) is 2. The lowest BCUT2D eigenvalue weighted by molar-refractivity contribution is -0.121. The van der Waals surface area contributed by atoms with Gasteiger partial charge in [0.05, 0.1) is 17.9 Å². The van der Waals surface area contributed by atoms with Gasteiger partial charge in [0.2, 0.25) is 11.8 Å². The summed E-state index contributed by atoms with van der Waals surface area (Å²) in [6.45, 7) is 1.46. The van der Waals surface area contributed by atoms with Crippen LogP contribution in [0.15, 0.2) is 42.5 Å². The van der Waals surface area contributed by atoms with E-state index in [1.54, 1.807) is 19.1 Å². The van der Waals surface area contributed by atoms with E-state index in [1.807, 2.05) is 0 Å². The van der Waals surface area contributed by atoms with Crippen LogP contribution in [-0.4, -0.2) is 30.4 Å². The SMILES string of the molecule is CCOC(=O)c1sc2cccc(F)c2c1COC(=O)c1cccc(N2C(=O)CCC2=O)c1. The van der Waals surface area contributed by atoms with Crippen LogP contribution in [0.1, 0.15) is 45.4 Å². The highest BCUT2D eigenvalue weighted by atomic mass is 32.1. The fourth-order valence-corrected chi connectivity index (χ4v) is 4.64. The molecule has 9 heteroatoms. The average molecular weight is 455 g/mol. The van der Waals surface area contributed by atoms with Crippen molar-refractivity contribution in [2.75, 3.05) is 11.5 Å². The lowest BCUT2D eigenvalue weighted by atomic mass is 10.1. The Bertz CT molecular complexity index is 1230. The Morgan fingerprint density at radius 1 is 1.03 bits per heavy atom. The highest BCUT2D eigenvalue weighted by molar-refractivity contribution is 7.21. The first-order valence-electron chi connectivity index (χ1n) is 9.90. The Kier molecular flexibility index (Phi) is 6.00. The van der Waals surface area contributed by atoms with Crippen LogP contribution in [0.25, 0.3) is 10.1 Å². The number of fused-ring (bicyclic) bond motifs is 1. The topological polar surface area (TPSA) is 90.0 Å². The summed E-state index contributed by atoms with van der Waals surface area (Å²) in [6, 6.07) is 10.4. The number of hydrogen-bond donors (Lipinski definition) is 0. The zero-order chi connectivity index (χ0) is 22.8. The Labute approximate surface area is 186 Å². The summed E-state index contributed by atoms with van der Waals surface area (Å²) < 4.78 is 25.5. The zero-order valence-electron chi connectivity index (χ0n) is 17.1. The summed E-state index contributed by atoms with van der Waals surface area (Å²) in [5.41, 5.74) is 0.634. The standard InChI is InChI=1S/C23H18FNO6S/c1-2-30-23(29)21-15(20-16(24)7-4-8-17(20)32-21)12-31-22(28)13-5-3-6-14(11-13)25-18(26)9-10-19(25)27/h3-8,11H,2,9-10,12H2,1H3. The van der Waals surface area contributed by atoms with Crippen molar-refractivity contribution in [2.24, 2.45) is 0 Å². The summed E-state index contributed by atoms with van der Waals surface area (Å²) >= 11 is 1.07. The molecule has 164 valence electrons. The predicted octanol–water partition coefficient (Wildman–Crippen LogP) is 4.23. The zero-order valence-corrected chi connectivity index (χ0v) is 17.9. The first-order chi connectivity index (χ1) is 15.4. The monoisotopic (exact) mass is 455 g/mol. The highest BCUT2D eigenvalue weighted by Crippen LogP contribution is 2.34. The number of hydrogen-bond acceptors (Lipinski definition) is 7. The summed E-state index contributed by atoms with van der Waals surface area (Å²) in [5, 5.41) is 0.204. The van der Waals surface area contributed by atoms with Gasteiger partial charge in [-0.25, -0.2) is 14.0 Å². The molecule has 0 N–H and O–H groups in total. The number of nitrogens with zero attached hydrogens (tertiary/aromatic N) is 1. The molecule has 0 spiro atoms. The van der Waals surface area contributed by atoms with Gasteiger partial charge >= 0.3 is 11.9 Å². The van der Waals surface area contributed by atoms with Crippen molar-refractivity contribution in [3.63, 3.8) is 0 Å².